The lowest BCUT2D eigenvalue weighted by Gasteiger charge is -2.34. The average Bonchev–Trinajstić information content (AvgIpc) is 1.86. The molecule has 66 valence electrons. The molecule has 0 aromatic carbocycles. The molecule has 1 aliphatic heterocycles. The quantitative estimate of drug-likeness (QED) is 0.538. The van der Waals surface area contributed by atoms with Gasteiger partial charge in [-0.3, -0.25) is 0 Å². The third-order valence-corrected chi connectivity index (χ3v) is 2.30. The molecule has 0 unspecified atom stereocenters. The van der Waals surface area contributed by atoms with Gasteiger partial charge in [-0.25, -0.2) is 0 Å². The lowest BCUT2D eigenvalue weighted by atomic mass is 9.67. The van der Waals surface area contributed by atoms with Crippen LogP contribution in [0.1, 0.15) is 12.8 Å². The summed E-state index contributed by atoms with van der Waals surface area (Å²) >= 11 is 0. The number of halogens is 3. The molecule has 1 saturated heterocycles. The summed E-state index contributed by atoms with van der Waals surface area (Å²) in [6.45, 7) is -3.40. The maximum Gasteiger partial charge on any atom is 0.481 e. The van der Waals surface area contributed by atoms with Crippen LogP contribution in [0.3, 0.4) is 0 Å². The molecule has 0 bridgehead atoms. The number of piperidine rings is 1. The highest BCUT2D eigenvalue weighted by Crippen LogP contribution is 2.34. The van der Waals surface area contributed by atoms with Crippen LogP contribution in [-0.4, -0.2) is 32.0 Å². The summed E-state index contributed by atoms with van der Waals surface area (Å²) in [5, 5.41) is 0. The van der Waals surface area contributed by atoms with E-state index in [1.807, 2.05) is 11.9 Å². The van der Waals surface area contributed by atoms with E-state index in [0.29, 0.717) is 25.9 Å². The van der Waals surface area contributed by atoms with E-state index < -0.39 is 12.8 Å². The zero-order valence-electron chi connectivity index (χ0n) is 6.56. The third-order valence-electron chi connectivity index (χ3n) is 2.30. The number of likely N-dealkylation sites (tertiary alicyclic amines) is 1. The Morgan fingerprint density at radius 2 is 1.64 bits per heavy atom. The number of rotatable bonds is 1. The Bertz CT molecular complexity index is 128. The van der Waals surface area contributed by atoms with Crippen molar-refractivity contribution < 1.29 is 12.9 Å². The van der Waals surface area contributed by atoms with E-state index in [9.17, 15) is 12.9 Å². The lowest BCUT2D eigenvalue weighted by Crippen LogP contribution is -2.36. The van der Waals surface area contributed by atoms with Crippen LogP contribution in [0.15, 0.2) is 0 Å². The minimum absolute atomic E-state index is 0.292. The highest BCUT2D eigenvalue weighted by Gasteiger charge is 2.35. The van der Waals surface area contributed by atoms with Gasteiger partial charge in [-0.05, 0) is 20.1 Å². The molecule has 0 radical (unpaired) electrons. The van der Waals surface area contributed by atoms with Crippen LogP contribution in [0.4, 0.5) is 12.9 Å². The maximum atomic E-state index is 12.1. The van der Waals surface area contributed by atoms with Crippen molar-refractivity contribution in [2.75, 3.05) is 20.1 Å². The standard InChI is InChI=1S/C6H12BF3N/c1-11-4-2-6(3-5-11)7(8,9)10/h6H,2-5H2,1H3/q-1. The molecule has 0 amide bonds. The summed E-state index contributed by atoms with van der Waals surface area (Å²) in [6, 6.07) is 0. The van der Waals surface area contributed by atoms with Crippen molar-refractivity contribution in [1.29, 1.82) is 0 Å². The largest absolute Gasteiger partial charge is 0.481 e. The van der Waals surface area contributed by atoms with Gasteiger partial charge in [0, 0.05) is 0 Å². The summed E-state index contributed by atoms with van der Waals surface area (Å²) in [6.07, 6.45) is 0.583. The molecule has 5 heteroatoms. The van der Waals surface area contributed by atoms with Crippen molar-refractivity contribution in [3.8, 4) is 0 Å². The lowest BCUT2D eigenvalue weighted by molar-refractivity contribution is 0.252. The summed E-state index contributed by atoms with van der Waals surface area (Å²) in [5.74, 6) is -0.994. The van der Waals surface area contributed by atoms with E-state index in [2.05, 4.69) is 0 Å². The van der Waals surface area contributed by atoms with Crippen molar-refractivity contribution in [2.24, 2.45) is 0 Å². The van der Waals surface area contributed by atoms with Crippen LogP contribution in [0.25, 0.3) is 0 Å². The van der Waals surface area contributed by atoms with Gasteiger partial charge in [-0.2, -0.15) is 0 Å². The Labute approximate surface area is 64.6 Å². The first-order valence-electron chi connectivity index (χ1n) is 3.88. The Morgan fingerprint density at radius 1 is 1.18 bits per heavy atom. The summed E-state index contributed by atoms with van der Waals surface area (Å²) in [7, 11) is 1.86. The van der Waals surface area contributed by atoms with Crippen molar-refractivity contribution in [3.05, 3.63) is 0 Å². The van der Waals surface area contributed by atoms with Crippen LogP contribution >= 0.6 is 0 Å². The fourth-order valence-electron chi connectivity index (χ4n) is 1.41. The van der Waals surface area contributed by atoms with Gasteiger partial charge in [0.1, 0.15) is 0 Å². The van der Waals surface area contributed by atoms with E-state index in [0.717, 1.165) is 0 Å². The van der Waals surface area contributed by atoms with Gasteiger partial charge in [-0.15, -0.1) is 0 Å². The topological polar surface area (TPSA) is 3.24 Å². The predicted molar refractivity (Wildman–Crippen MR) is 39.6 cm³/mol. The molecule has 1 heterocycles. The minimum atomic E-state index is -4.57. The molecule has 0 saturated carbocycles. The smallest absolute Gasteiger partial charge is 0.449 e. The first kappa shape index (κ1) is 8.91. The van der Waals surface area contributed by atoms with Gasteiger partial charge in [0.05, 0.1) is 0 Å². The normalized spacial score (nSPS) is 24.0. The zero-order chi connectivity index (χ0) is 8.48. The first-order valence-corrected chi connectivity index (χ1v) is 3.88. The van der Waals surface area contributed by atoms with Gasteiger partial charge in [-0.1, -0.05) is 18.7 Å². The molecule has 0 aromatic rings. The van der Waals surface area contributed by atoms with Crippen LogP contribution < -0.4 is 0 Å². The molecular formula is C6H12BF3N-. The zero-order valence-corrected chi connectivity index (χ0v) is 6.56. The van der Waals surface area contributed by atoms with Crippen LogP contribution in [0.5, 0.6) is 0 Å². The Balaban J connectivity index is 2.39. The van der Waals surface area contributed by atoms with E-state index in [1.54, 1.807) is 0 Å². The Hall–Kier alpha value is -0.185. The summed E-state index contributed by atoms with van der Waals surface area (Å²) < 4.78 is 36.3. The molecule has 1 rings (SSSR count). The predicted octanol–water partition coefficient (Wildman–Crippen LogP) is 1.93. The van der Waals surface area contributed by atoms with E-state index in [1.165, 1.54) is 0 Å². The summed E-state index contributed by atoms with van der Waals surface area (Å²) in [4.78, 5) is 1.94. The second kappa shape index (κ2) is 3.05. The van der Waals surface area contributed by atoms with E-state index >= 15 is 0 Å². The molecule has 0 spiro atoms. The maximum absolute atomic E-state index is 12.1. The highest BCUT2D eigenvalue weighted by atomic mass is 19.4. The SMILES string of the molecule is CN1CCC([B-](F)(F)F)CC1. The monoisotopic (exact) mass is 166 g/mol. The number of hydrogen-bond acceptors (Lipinski definition) is 1. The molecule has 0 N–H and O–H groups in total. The Kier molecular flexibility index (Phi) is 2.47. The van der Waals surface area contributed by atoms with Gasteiger partial charge in [0.25, 0.3) is 0 Å². The van der Waals surface area contributed by atoms with Crippen molar-refractivity contribution >= 4 is 6.98 Å². The minimum Gasteiger partial charge on any atom is -0.449 e. The molecule has 0 atom stereocenters. The number of nitrogens with zero attached hydrogens (tertiary/aromatic N) is 1. The molecule has 0 aromatic heterocycles. The third kappa shape index (κ3) is 2.40. The van der Waals surface area contributed by atoms with Crippen LogP contribution in [0, 0.1) is 0 Å². The fraction of sp³-hybridized carbons (Fsp3) is 1.00. The fourth-order valence-corrected chi connectivity index (χ4v) is 1.41. The van der Waals surface area contributed by atoms with Crippen LogP contribution in [0.2, 0.25) is 5.82 Å². The van der Waals surface area contributed by atoms with Gasteiger partial charge < -0.3 is 17.8 Å². The highest BCUT2D eigenvalue weighted by molar-refractivity contribution is 6.60. The number of hydrogen-bond donors (Lipinski definition) is 0. The summed E-state index contributed by atoms with van der Waals surface area (Å²) in [5.41, 5.74) is 0. The van der Waals surface area contributed by atoms with Crippen molar-refractivity contribution in [2.45, 2.75) is 18.7 Å². The second-order valence-electron chi connectivity index (χ2n) is 3.27. The average molecular weight is 166 g/mol. The van der Waals surface area contributed by atoms with Gasteiger partial charge >= 0.3 is 6.98 Å². The molecule has 11 heavy (non-hydrogen) atoms. The molecule has 1 nitrogen and oxygen atoms in total. The molecular weight excluding hydrogens is 154 g/mol. The Morgan fingerprint density at radius 3 is 2.00 bits per heavy atom. The molecule has 0 aliphatic carbocycles. The van der Waals surface area contributed by atoms with Crippen molar-refractivity contribution in [1.82, 2.24) is 4.90 Å². The van der Waals surface area contributed by atoms with Gasteiger partial charge in [0.15, 0.2) is 0 Å². The van der Waals surface area contributed by atoms with Crippen LogP contribution in [-0.2, 0) is 0 Å². The van der Waals surface area contributed by atoms with Crippen molar-refractivity contribution in [3.63, 3.8) is 0 Å². The first-order chi connectivity index (χ1) is 5.00. The van der Waals surface area contributed by atoms with E-state index in [4.69, 9.17) is 0 Å². The van der Waals surface area contributed by atoms with E-state index in [-0.39, 0.29) is 0 Å². The molecule has 1 aliphatic rings. The molecule has 1 fully saturated rings. The second-order valence-corrected chi connectivity index (χ2v) is 3.27. The van der Waals surface area contributed by atoms with Gasteiger partial charge in [0.2, 0.25) is 0 Å².